The van der Waals surface area contributed by atoms with Gasteiger partial charge in [-0.15, -0.1) is 0 Å². The fourth-order valence-electron chi connectivity index (χ4n) is 0.718. The van der Waals surface area contributed by atoms with Crippen molar-refractivity contribution in [3.05, 3.63) is 11.8 Å². The molecule has 1 aliphatic rings. The summed E-state index contributed by atoms with van der Waals surface area (Å²) in [5.74, 6) is 5.38. The molecule has 0 saturated heterocycles. The molecule has 0 radical (unpaired) electrons. The van der Waals surface area contributed by atoms with Crippen molar-refractivity contribution in [1.29, 1.82) is 0 Å². The van der Waals surface area contributed by atoms with E-state index in [1.54, 1.807) is 5.01 Å². The Morgan fingerprint density at radius 1 is 1.86 bits per heavy atom. The molecule has 0 fully saturated rings. The summed E-state index contributed by atoms with van der Waals surface area (Å²) in [6, 6.07) is 0. The van der Waals surface area contributed by atoms with Crippen LogP contribution in [0.3, 0.4) is 0 Å². The average Bonchev–Trinajstić information content (AvgIpc) is 1.87. The fraction of sp³-hybridized carbons (Fsp3) is 0.600. The molecule has 0 unspecified atom stereocenters. The van der Waals surface area contributed by atoms with Crippen LogP contribution >= 0.6 is 0 Å². The van der Waals surface area contributed by atoms with E-state index in [2.05, 4.69) is 6.92 Å². The normalized spacial score (nSPS) is 20.3. The minimum atomic E-state index is 0.992. The van der Waals surface area contributed by atoms with E-state index >= 15 is 0 Å². The van der Waals surface area contributed by atoms with E-state index < -0.39 is 0 Å². The molecular formula is C5H10N2. The Hall–Kier alpha value is -0.500. The monoisotopic (exact) mass is 98.1 g/mol. The zero-order chi connectivity index (χ0) is 5.28. The topological polar surface area (TPSA) is 29.3 Å². The average molecular weight is 98.1 g/mol. The minimum absolute atomic E-state index is 0.992. The van der Waals surface area contributed by atoms with Gasteiger partial charge < -0.3 is 5.01 Å². The van der Waals surface area contributed by atoms with Crippen molar-refractivity contribution in [3.8, 4) is 0 Å². The second-order valence-corrected chi connectivity index (χ2v) is 1.96. The van der Waals surface area contributed by atoms with E-state index in [0.717, 1.165) is 13.0 Å². The van der Waals surface area contributed by atoms with Crippen molar-refractivity contribution in [2.45, 2.75) is 13.3 Å². The second-order valence-electron chi connectivity index (χ2n) is 1.96. The van der Waals surface area contributed by atoms with E-state index in [9.17, 15) is 0 Å². The third-order valence-electron chi connectivity index (χ3n) is 1.15. The lowest BCUT2D eigenvalue weighted by Crippen LogP contribution is -2.21. The first-order valence-electron chi connectivity index (χ1n) is 2.47. The van der Waals surface area contributed by atoms with Crippen molar-refractivity contribution < 1.29 is 0 Å². The van der Waals surface area contributed by atoms with Gasteiger partial charge in [-0.2, -0.15) is 0 Å². The lowest BCUT2D eigenvalue weighted by Gasteiger charge is -2.02. The molecule has 0 bridgehead atoms. The molecule has 0 spiro atoms. The summed E-state index contributed by atoms with van der Waals surface area (Å²) in [6.45, 7) is 3.08. The maximum atomic E-state index is 5.38. The summed E-state index contributed by atoms with van der Waals surface area (Å²) in [4.78, 5) is 0. The molecule has 0 aromatic heterocycles. The first-order chi connectivity index (χ1) is 3.29. The second kappa shape index (κ2) is 1.54. The zero-order valence-corrected chi connectivity index (χ0v) is 4.52. The Bertz CT molecular complexity index is 96.3. The Balaban J connectivity index is 2.50. The number of hydrogen-bond acceptors (Lipinski definition) is 2. The van der Waals surface area contributed by atoms with Crippen molar-refractivity contribution in [2.75, 3.05) is 6.54 Å². The molecule has 1 heterocycles. The van der Waals surface area contributed by atoms with E-state index in [1.807, 2.05) is 6.20 Å². The lowest BCUT2D eigenvalue weighted by molar-refractivity contribution is 0.428. The van der Waals surface area contributed by atoms with E-state index in [1.165, 1.54) is 5.57 Å². The molecule has 0 aliphatic carbocycles. The van der Waals surface area contributed by atoms with Crippen LogP contribution in [0.15, 0.2) is 11.8 Å². The van der Waals surface area contributed by atoms with Crippen molar-refractivity contribution in [3.63, 3.8) is 0 Å². The molecule has 1 rings (SSSR count). The number of rotatable bonds is 0. The third kappa shape index (κ3) is 0.933. The molecule has 0 atom stereocenters. The molecule has 7 heavy (non-hydrogen) atoms. The minimum Gasteiger partial charge on any atom is -0.318 e. The van der Waals surface area contributed by atoms with E-state index in [-0.39, 0.29) is 0 Å². The van der Waals surface area contributed by atoms with Gasteiger partial charge in [0.05, 0.1) is 0 Å². The van der Waals surface area contributed by atoms with Crippen LogP contribution in [0.4, 0.5) is 0 Å². The summed E-state index contributed by atoms with van der Waals surface area (Å²) in [7, 11) is 0. The quantitative estimate of drug-likeness (QED) is 0.446. The molecule has 0 saturated carbocycles. The van der Waals surface area contributed by atoms with Gasteiger partial charge in [-0.05, 0) is 13.3 Å². The molecule has 40 valence electrons. The maximum absolute atomic E-state index is 5.38. The van der Waals surface area contributed by atoms with E-state index in [4.69, 9.17) is 5.84 Å². The van der Waals surface area contributed by atoms with Crippen LogP contribution in [-0.4, -0.2) is 11.6 Å². The number of hydrogen-bond donors (Lipinski definition) is 1. The Labute approximate surface area is 43.6 Å². The van der Waals surface area contributed by atoms with Crippen LogP contribution in [0.5, 0.6) is 0 Å². The van der Waals surface area contributed by atoms with Crippen LogP contribution in [0, 0.1) is 0 Å². The molecule has 2 N–H and O–H groups in total. The highest BCUT2D eigenvalue weighted by Crippen LogP contribution is 2.07. The number of nitrogens with two attached hydrogens (primary N) is 1. The SMILES string of the molecule is CC1=CN(N)CC1. The van der Waals surface area contributed by atoms with Gasteiger partial charge in [0, 0.05) is 12.7 Å². The highest BCUT2D eigenvalue weighted by atomic mass is 15.4. The van der Waals surface area contributed by atoms with Gasteiger partial charge in [-0.3, -0.25) is 0 Å². The maximum Gasteiger partial charge on any atom is 0.0372 e. The third-order valence-corrected chi connectivity index (χ3v) is 1.15. The van der Waals surface area contributed by atoms with Gasteiger partial charge in [-0.25, -0.2) is 5.84 Å². The molecule has 0 amide bonds. The van der Waals surface area contributed by atoms with Crippen LogP contribution < -0.4 is 5.84 Å². The van der Waals surface area contributed by atoms with Crippen molar-refractivity contribution >= 4 is 0 Å². The van der Waals surface area contributed by atoms with Crippen LogP contribution in [-0.2, 0) is 0 Å². The van der Waals surface area contributed by atoms with Gasteiger partial charge in [0.25, 0.3) is 0 Å². The molecule has 2 heteroatoms. The van der Waals surface area contributed by atoms with Gasteiger partial charge in [-0.1, -0.05) is 5.57 Å². The van der Waals surface area contributed by atoms with Crippen LogP contribution in [0.25, 0.3) is 0 Å². The van der Waals surface area contributed by atoms with E-state index in [0.29, 0.717) is 0 Å². The molecule has 0 aromatic carbocycles. The highest BCUT2D eigenvalue weighted by molar-refractivity contribution is 5.02. The standard InChI is InChI=1S/C5H10N2/c1-5-2-3-7(6)4-5/h4H,2-3,6H2,1H3. The fourth-order valence-corrected chi connectivity index (χ4v) is 0.718. The summed E-state index contributed by atoms with van der Waals surface area (Å²) in [6.07, 6.45) is 3.11. The number of hydrazine groups is 1. The largest absolute Gasteiger partial charge is 0.318 e. The zero-order valence-electron chi connectivity index (χ0n) is 4.52. The molecule has 1 aliphatic heterocycles. The molecule has 0 aromatic rings. The van der Waals surface area contributed by atoms with Gasteiger partial charge in [0.15, 0.2) is 0 Å². The van der Waals surface area contributed by atoms with Gasteiger partial charge in [0.1, 0.15) is 0 Å². The molecular weight excluding hydrogens is 88.1 g/mol. The summed E-state index contributed by atoms with van der Waals surface area (Å²) >= 11 is 0. The Kier molecular flexibility index (Phi) is 1.02. The van der Waals surface area contributed by atoms with Crippen LogP contribution in [0.1, 0.15) is 13.3 Å². The van der Waals surface area contributed by atoms with Gasteiger partial charge >= 0.3 is 0 Å². The first-order valence-corrected chi connectivity index (χ1v) is 2.47. The first kappa shape index (κ1) is 4.65. The van der Waals surface area contributed by atoms with Gasteiger partial charge in [0.2, 0.25) is 0 Å². The predicted molar refractivity (Wildman–Crippen MR) is 29.3 cm³/mol. The summed E-state index contributed by atoms with van der Waals surface area (Å²) in [5, 5.41) is 1.72. The highest BCUT2D eigenvalue weighted by Gasteiger charge is 2.01. The molecule has 2 nitrogen and oxygen atoms in total. The summed E-state index contributed by atoms with van der Waals surface area (Å²) in [5.41, 5.74) is 1.38. The van der Waals surface area contributed by atoms with Crippen LogP contribution in [0.2, 0.25) is 0 Å². The summed E-state index contributed by atoms with van der Waals surface area (Å²) < 4.78 is 0. The van der Waals surface area contributed by atoms with Crippen molar-refractivity contribution in [2.24, 2.45) is 5.84 Å². The number of nitrogens with zero attached hydrogens (tertiary/aromatic N) is 1. The lowest BCUT2D eigenvalue weighted by atomic mass is 10.3. The predicted octanol–water partition coefficient (Wildman–Crippen LogP) is 0.470. The Morgan fingerprint density at radius 3 is 2.71 bits per heavy atom. The van der Waals surface area contributed by atoms with Crippen molar-refractivity contribution in [1.82, 2.24) is 5.01 Å². The smallest absolute Gasteiger partial charge is 0.0372 e. The Morgan fingerprint density at radius 2 is 2.57 bits per heavy atom.